The van der Waals surface area contributed by atoms with E-state index in [0.717, 1.165) is 0 Å². The topological polar surface area (TPSA) is 75.7 Å². The van der Waals surface area contributed by atoms with Gasteiger partial charge in [-0.05, 0) is 44.0 Å². The van der Waals surface area contributed by atoms with Gasteiger partial charge in [0.2, 0.25) is 5.91 Å². The average Bonchev–Trinajstić information content (AvgIpc) is 2.55. The van der Waals surface area contributed by atoms with Crippen molar-refractivity contribution in [2.75, 3.05) is 25.0 Å². The van der Waals surface area contributed by atoms with Gasteiger partial charge in [0.05, 0.1) is 12.5 Å². The molecule has 1 heterocycles. The summed E-state index contributed by atoms with van der Waals surface area (Å²) in [5, 5.41) is 2.67. The van der Waals surface area contributed by atoms with E-state index in [1.807, 2.05) is 0 Å². The van der Waals surface area contributed by atoms with E-state index >= 15 is 0 Å². The SMILES string of the molecule is CCOC(=O)C1CCN(C(=O)c2ccc(NC(C)=O)cc2)CC1. The molecule has 6 heteroatoms. The molecule has 6 nitrogen and oxygen atoms in total. The molecule has 0 atom stereocenters. The molecule has 2 amide bonds. The zero-order valence-corrected chi connectivity index (χ0v) is 13.5. The van der Waals surface area contributed by atoms with Gasteiger partial charge >= 0.3 is 5.97 Å². The lowest BCUT2D eigenvalue weighted by Crippen LogP contribution is -2.40. The standard InChI is InChI=1S/C17H22N2O4/c1-3-23-17(22)14-8-10-19(11-9-14)16(21)13-4-6-15(7-5-13)18-12(2)20/h4-7,14H,3,8-11H2,1-2H3,(H,18,20). The number of likely N-dealkylation sites (tertiary alicyclic amines) is 1. The van der Waals surface area contributed by atoms with Crippen LogP contribution in [0.15, 0.2) is 24.3 Å². The normalized spacial score (nSPS) is 15.1. The van der Waals surface area contributed by atoms with Crippen LogP contribution < -0.4 is 5.32 Å². The molecule has 1 saturated heterocycles. The maximum absolute atomic E-state index is 12.5. The van der Waals surface area contributed by atoms with E-state index in [-0.39, 0.29) is 23.7 Å². The molecule has 23 heavy (non-hydrogen) atoms. The Labute approximate surface area is 135 Å². The van der Waals surface area contributed by atoms with Crippen molar-refractivity contribution < 1.29 is 19.1 Å². The molecule has 1 aromatic carbocycles. The summed E-state index contributed by atoms with van der Waals surface area (Å²) in [7, 11) is 0. The van der Waals surface area contributed by atoms with Gasteiger partial charge in [0.25, 0.3) is 5.91 Å². The van der Waals surface area contributed by atoms with Crippen LogP contribution >= 0.6 is 0 Å². The summed E-state index contributed by atoms with van der Waals surface area (Å²) in [6.07, 6.45) is 1.27. The zero-order chi connectivity index (χ0) is 16.8. The van der Waals surface area contributed by atoms with Gasteiger partial charge in [0.1, 0.15) is 0 Å². The van der Waals surface area contributed by atoms with Crippen molar-refractivity contribution >= 4 is 23.5 Å². The van der Waals surface area contributed by atoms with E-state index in [4.69, 9.17) is 4.74 Å². The van der Waals surface area contributed by atoms with Crippen LogP contribution in [0.3, 0.4) is 0 Å². The van der Waals surface area contributed by atoms with Crippen molar-refractivity contribution in [1.82, 2.24) is 4.90 Å². The second kappa shape index (κ2) is 7.76. The highest BCUT2D eigenvalue weighted by atomic mass is 16.5. The number of amides is 2. The Morgan fingerprint density at radius 2 is 1.78 bits per heavy atom. The Kier molecular flexibility index (Phi) is 5.73. The highest BCUT2D eigenvalue weighted by Crippen LogP contribution is 2.21. The minimum Gasteiger partial charge on any atom is -0.466 e. The molecule has 1 aromatic rings. The predicted octanol–water partition coefficient (Wildman–Crippen LogP) is 2.06. The summed E-state index contributed by atoms with van der Waals surface area (Å²) < 4.78 is 5.03. The van der Waals surface area contributed by atoms with Gasteiger partial charge in [-0.1, -0.05) is 0 Å². The van der Waals surface area contributed by atoms with Crippen molar-refractivity contribution in [3.63, 3.8) is 0 Å². The summed E-state index contributed by atoms with van der Waals surface area (Å²) >= 11 is 0. The lowest BCUT2D eigenvalue weighted by molar-refractivity contribution is -0.149. The summed E-state index contributed by atoms with van der Waals surface area (Å²) in [4.78, 5) is 36.9. The first-order chi connectivity index (χ1) is 11.0. The molecule has 0 aromatic heterocycles. The van der Waals surface area contributed by atoms with Gasteiger partial charge in [-0.2, -0.15) is 0 Å². The quantitative estimate of drug-likeness (QED) is 0.862. The monoisotopic (exact) mass is 318 g/mol. The molecule has 0 spiro atoms. The van der Waals surface area contributed by atoms with Gasteiger partial charge in [-0.3, -0.25) is 14.4 Å². The van der Waals surface area contributed by atoms with Crippen LogP contribution in [0.2, 0.25) is 0 Å². The second-order valence-electron chi connectivity index (χ2n) is 5.58. The number of rotatable bonds is 4. The van der Waals surface area contributed by atoms with Gasteiger partial charge in [-0.25, -0.2) is 0 Å². The highest BCUT2D eigenvalue weighted by Gasteiger charge is 2.28. The molecule has 0 radical (unpaired) electrons. The summed E-state index contributed by atoms with van der Waals surface area (Å²) in [6, 6.07) is 6.82. The summed E-state index contributed by atoms with van der Waals surface area (Å²) in [5.74, 6) is -0.479. The number of carbonyl (C=O) groups is 3. The fourth-order valence-electron chi connectivity index (χ4n) is 2.66. The molecule has 2 rings (SSSR count). The third-order valence-electron chi connectivity index (χ3n) is 3.85. The van der Waals surface area contributed by atoms with Crippen LogP contribution in [0.1, 0.15) is 37.0 Å². The number of benzene rings is 1. The van der Waals surface area contributed by atoms with Crippen LogP contribution in [0.5, 0.6) is 0 Å². The molecular formula is C17H22N2O4. The Morgan fingerprint density at radius 3 is 2.30 bits per heavy atom. The van der Waals surface area contributed by atoms with E-state index < -0.39 is 0 Å². The number of nitrogens with one attached hydrogen (secondary N) is 1. The molecule has 1 fully saturated rings. The van der Waals surface area contributed by atoms with Crippen molar-refractivity contribution in [3.8, 4) is 0 Å². The van der Waals surface area contributed by atoms with Gasteiger partial charge in [0, 0.05) is 31.3 Å². The van der Waals surface area contributed by atoms with Gasteiger partial charge in [0.15, 0.2) is 0 Å². The third-order valence-corrected chi connectivity index (χ3v) is 3.85. The third kappa shape index (κ3) is 4.55. The van der Waals surface area contributed by atoms with Gasteiger partial charge in [-0.15, -0.1) is 0 Å². The Bertz CT molecular complexity index is 575. The largest absolute Gasteiger partial charge is 0.466 e. The number of hydrogen-bond acceptors (Lipinski definition) is 4. The number of esters is 1. The van der Waals surface area contributed by atoms with E-state index in [9.17, 15) is 14.4 Å². The Hall–Kier alpha value is -2.37. The Balaban J connectivity index is 1.92. The molecule has 0 aliphatic carbocycles. The number of nitrogens with zero attached hydrogens (tertiary/aromatic N) is 1. The molecule has 0 saturated carbocycles. The zero-order valence-electron chi connectivity index (χ0n) is 13.5. The highest BCUT2D eigenvalue weighted by molar-refractivity contribution is 5.95. The number of hydrogen-bond donors (Lipinski definition) is 1. The van der Waals surface area contributed by atoms with Crippen molar-refractivity contribution in [2.24, 2.45) is 5.92 Å². The molecule has 0 unspecified atom stereocenters. The molecule has 0 bridgehead atoms. The number of anilines is 1. The average molecular weight is 318 g/mol. The minimum absolute atomic E-state index is 0.0540. The fourth-order valence-corrected chi connectivity index (χ4v) is 2.66. The summed E-state index contributed by atoms with van der Waals surface area (Å²) in [5.41, 5.74) is 1.24. The van der Waals surface area contributed by atoms with Crippen molar-refractivity contribution in [3.05, 3.63) is 29.8 Å². The minimum atomic E-state index is -0.167. The van der Waals surface area contributed by atoms with Gasteiger partial charge < -0.3 is 15.0 Å². The van der Waals surface area contributed by atoms with Crippen LogP contribution in [0.4, 0.5) is 5.69 Å². The van der Waals surface area contributed by atoms with Crippen LogP contribution in [0, 0.1) is 5.92 Å². The molecular weight excluding hydrogens is 296 g/mol. The van der Waals surface area contributed by atoms with Crippen molar-refractivity contribution in [1.29, 1.82) is 0 Å². The molecule has 1 N–H and O–H groups in total. The number of carbonyl (C=O) groups excluding carboxylic acids is 3. The second-order valence-corrected chi connectivity index (χ2v) is 5.58. The summed E-state index contributed by atoms with van der Waals surface area (Å²) in [6.45, 7) is 4.72. The lowest BCUT2D eigenvalue weighted by Gasteiger charge is -2.31. The van der Waals surface area contributed by atoms with E-state index in [1.165, 1.54) is 6.92 Å². The first-order valence-corrected chi connectivity index (χ1v) is 7.84. The first-order valence-electron chi connectivity index (χ1n) is 7.84. The maximum atomic E-state index is 12.5. The molecule has 124 valence electrons. The molecule has 1 aliphatic heterocycles. The number of ether oxygens (including phenoxy) is 1. The van der Waals surface area contributed by atoms with E-state index in [2.05, 4.69) is 5.32 Å². The lowest BCUT2D eigenvalue weighted by atomic mass is 9.96. The Morgan fingerprint density at radius 1 is 1.17 bits per heavy atom. The molecule has 1 aliphatic rings. The smallest absolute Gasteiger partial charge is 0.309 e. The van der Waals surface area contributed by atoms with Crippen molar-refractivity contribution in [2.45, 2.75) is 26.7 Å². The fraction of sp³-hybridized carbons (Fsp3) is 0.471. The predicted molar refractivity (Wildman–Crippen MR) is 86.0 cm³/mol. The van der Waals surface area contributed by atoms with Crippen LogP contribution in [0.25, 0.3) is 0 Å². The van der Waals surface area contributed by atoms with Crippen LogP contribution in [-0.4, -0.2) is 42.4 Å². The first kappa shape index (κ1) is 17.0. The maximum Gasteiger partial charge on any atom is 0.309 e. The van der Waals surface area contributed by atoms with E-state index in [0.29, 0.717) is 43.8 Å². The van der Waals surface area contributed by atoms with Crippen LogP contribution in [-0.2, 0) is 14.3 Å². The number of piperidine rings is 1. The van der Waals surface area contributed by atoms with E-state index in [1.54, 1.807) is 36.1 Å².